The molecule has 5 nitrogen and oxygen atoms in total. The van der Waals surface area contributed by atoms with E-state index in [1.165, 1.54) is 7.11 Å². The number of carbonyl (C=O) groups is 1. The number of ether oxygens (including phenoxy) is 3. The van der Waals surface area contributed by atoms with E-state index in [1.54, 1.807) is 29.5 Å². The van der Waals surface area contributed by atoms with Crippen LogP contribution < -0.4 is 9.47 Å². The fourth-order valence-corrected chi connectivity index (χ4v) is 1.99. The summed E-state index contributed by atoms with van der Waals surface area (Å²) >= 11 is 1.70. The van der Waals surface area contributed by atoms with Crippen LogP contribution in [0.5, 0.6) is 11.5 Å². The van der Waals surface area contributed by atoms with Gasteiger partial charge in [-0.2, -0.15) is 0 Å². The van der Waals surface area contributed by atoms with E-state index in [0.717, 1.165) is 6.20 Å². The summed E-state index contributed by atoms with van der Waals surface area (Å²) in [6.45, 7) is 1.72. The molecule has 20 heavy (non-hydrogen) atoms. The van der Waals surface area contributed by atoms with E-state index in [4.69, 9.17) is 4.74 Å². The van der Waals surface area contributed by atoms with Crippen molar-refractivity contribution in [1.82, 2.24) is 4.98 Å². The Hall–Kier alpha value is -1.26. The SMILES string of the molecule is CCOC(=O)Cc1cnc(I)c(OC)c1OC(F)(F)F. The molecule has 0 fully saturated rings. The lowest BCUT2D eigenvalue weighted by Gasteiger charge is -2.16. The van der Waals surface area contributed by atoms with Crippen molar-refractivity contribution in [2.45, 2.75) is 19.7 Å². The summed E-state index contributed by atoms with van der Waals surface area (Å²) in [5.41, 5.74) is -0.0574. The van der Waals surface area contributed by atoms with E-state index in [2.05, 4.69) is 14.5 Å². The highest BCUT2D eigenvalue weighted by Gasteiger charge is 2.35. The third kappa shape index (κ3) is 4.69. The van der Waals surface area contributed by atoms with Gasteiger partial charge in [-0.3, -0.25) is 4.79 Å². The van der Waals surface area contributed by atoms with Gasteiger partial charge in [-0.1, -0.05) is 0 Å². The third-order valence-corrected chi connectivity index (χ3v) is 2.85. The van der Waals surface area contributed by atoms with Gasteiger partial charge in [0.1, 0.15) is 3.70 Å². The van der Waals surface area contributed by atoms with Crippen LogP contribution in [0, 0.1) is 3.70 Å². The summed E-state index contributed by atoms with van der Waals surface area (Å²) in [5, 5.41) is 0. The highest BCUT2D eigenvalue weighted by molar-refractivity contribution is 14.1. The van der Waals surface area contributed by atoms with Crippen molar-refractivity contribution in [2.75, 3.05) is 13.7 Å². The van der Waals surface area contributed by atoms with Gasteiger partial charge in [-0.25, -0.2) is 4.98 Å². The van der Waals surface area contributed by atoms with Crippen molar-refractivity contribution in [1.29, 1.82) is 0 Å². The summed E-state index contributed by atoms with van der Waals surface area (Å²) in [4.78, 5) is 15.2. The topological polar surface area (TPSA) is 57.7 Å². The molecule has 1 rings (SSSR count). The molecule has 0 aliphatic carbocycles. The zero-order chi connectivity index (χ0) is 15.3. The monoisotopic (exact) mass is 405 g/mol. The molecule has 0 unspecified atom stereocenters. The Morgan fingerprint density at radius 3 is 2.55 bits per heavy atom. The van der Waals surface area contributed by atoms with Crippen LogP contribution in [0.4, 0.5) is 13.2 Å². The number of carbonyl (C=O) groups excluding carboxylic acids is 1. The highest BCUT2D eigenvalue weighted by Crippen LogP contribution is 2.38. The second-order valence-corrected chi connectivity index (χ2v) is 4.49. The van der Waals surface area contributed by atoms with Crippen LogP contribution >= 0.6 is 22.6 Å². The maximum Gasteiger partial charge on any atom is 0.573 e. The van der Waals surface area contributed by atoms with Crippen LogP contribution in [0.25, 0.3) is 0 Å². The lowest BCUT2D eigenvalue weighted by atomic mass is 10.2. The van der Waals surface area contributed by atoms with Crippen molar-refractivity contribution < 1.29 is 32.2 Å². The van der Waals surface area contributed by atoms with Gasteiger partial charge in [0.2, 0.25) is 0 Å². The molecule has 1 heterocycles. The summed E-state index contributed by atoms with van der Waals surface area (Å²) in [5.74, 6) is -1.43. The molecule has 0 aliphatic heterocycles. The normalized spacial score (nSPS) is 11.1. The average Bonchev–Trinajstić information content (AvgIpc) is 2.31. The minimum absolute atomic E-state index is 0.0574. The van der Waals surface area contributed by atoms with Gasteiger partial charge in [0, 0.05) is 11.8 Å². The first-order valence-electron chi connectivity index (χ1n) is 5.41. The third-order valence-electron chi connectivity index (χ3n) is 2.08. The minimum Gasteiger partial charge on any atom is -0.490 e. The quantitative estimate of drug-likeness (QED) is 0.429. The number of halogens is 4. The summed E-state index contributed by atoms with van der Waals surface area (Å²) < 4.78 is 51.0. The van der Waals surface area contributed by atoms with Gasteiger partial charge in [0.15, 0.2) is 11.5 Å². The van der Waals surface area contributed by atoms with Crippen molar-refractivity contribution >= 4 is 28.6 Å². The van der Waals surface area contributed by atoms with Crippen molar-refractivity contribution in [2.24, 2.45) is 0 Å². The van der Waals surface area contributed by atoms with E-state index in [9.17, 15) is 18.0 Å². The van der Waals surface area contributed by atoms with Gasteiger partial charge in [0.25, 0.3) is 0 Å². The summed E-state index contributed by atoms with van der Waals surface area (Å²) in [7, 11) is 1.19. The Labute approximate surface area is 126 Å². The summed E-state index contributed by atoms with van der Waals surface area (Å²) in [6, 6.07) is 0. The molecule has 0 saturated carbocycles. The molecule has 0 saturated heterocycles. The fraction of sp³-hybridized carbons (Fsp3) is 0.455. The average molecular weight is 405 g/mol. The molecule has 0 amide bonds. The fourth-order valence-electron chi connectivity index (χ4n) is 1.39. The number of nitrogens with zero attached hydrogens (tertiary/aromatic N) is 1. The Kier molecular flexibility index (Phi) is 5.84. The number of rotatable bonds is 5. The van der Waals surface area contributed by atoms with E-state index < -0.39 is 18.1 Å². The predicted molar refractivity (Wildman–Crippen MR) is 70.5 cm³/mol. The van der Waals surface area contributed by atoms with Gasteiger partial charge in [0.05, 0.1) is 20.1 Å². The number of aromatic nitrogens is 1. The second kappa shape index (κ2) is 6.95. The van der Waals surface area contributed by atoms with Gasteiger partial charge < -0.3 is 14.2 Å². The van der Waals surface area contributed by atoms with E-state index in [1.807, 2.05) is 0 Å². The first-order valence-corrected chi connectivity index (χ1v) is 6.49. The molecule has 0 atom stereocenters. The molecule has 0 bridgehead atoms. The zero-order valence-electron chi connectivity index (χ0n) is 10.6. The van der Waals surface area contributed by atoms with Gasteiger partial charge >= 0.3 is 12.3 Å². The van der Waals surface area contributed by atoms with Crippen LogP contribution in [0.1, 0.15) is 12.5 Å². The van der Waals surface area contributed by atoms with E-state index >= 15 is 0 Å². The molecule has 0 N–H and O–H groups in total. The standard InChI is InChI=1S/C11H11F3INO4/c1-3-19-7(17)4-6-5-16-10(15)9(18-2)8(6)20-11(12,13)14/h5H,3-4H2,1-2H3. The van der Waals surface area contributed by atoms with E-state index in [0.29, 0.717) is 0 Å². The second-order valence-electron chi connectivity index (χ2n) is 3.47. The van der Waals surface area contributed by atoms with Crippen LogP contribution in [-0.2, 0) is 16.0 Å². The molecule has 1 aromatic rings. The molecular weight excluding hydrogens is 394 g/mol. The van der Waals surface area contributed by atoms with Crippen molar-refractivity contribution in [3.8, 4) is 11.5 Å². The van der Waals surface area contributed by atoms with Crippen LogP contribution in [-0.4, -0.2) is 31.0 Å². The highest BCUT2D eigenvalue weighted by atomic mass is 127. The lowest BCUT2D eigenvalue weighted by molar-refractivity contribution is -0.275. The Morgan fingerprint density at radius 2 is 2.05 bits per heavy atom. The Balaban J connectivity index is 3.18. The van der Waals surface area contributed by atoms with Crippen LogP contribution in [0.2, 0.25) is 0 Å². The number of hydrogen-bond acceptors (Lipinski definition) is 5. The van der Waals surface area contributed by atoms with Gasteiger partial charge in [-0.05, 0) is 29.5 Å². The smallest absolute Gasteiger partial charge is 0.490 e. The Bertz CT molecular complexity index is 493. The van der Waals surface area contributed by atoms with Crippen molar-refractivity contribution in [3.05, 3.63) is 15.5 Å². The first kappa shape index (κ1) is 16.8. The van der Waals surface area contributed by atoms with Gasteiger partial charge in [-0.15, -0.1) is 13.2 Å². The van der Waals surface area contributed by atoms with Crippen LogP contribution in [0.3, 0.4) is 0 Å². The van der Waals surface area contributed by atoms with Crippen LogP contribution in [0.15, 0.2) is 6.20 Å². The molecule has 0 radical (unpaired) electrons. The number of esters is 1. The molecule has 0 spiro atoms. The maximum atomic E-state index is 12.4. The maximum absolute atomic E-state index is 12.4. The number of hydrogen-bond donors (Lipinski definition) is 0. The molecular formula is C11H11F3INO4. The predicted octanol–water partition coefficient (Wildman–Crippen LogP) is 2.70. The number of methoxy groups -OCH3 is 1. The summed E-state index contributed by atoms with van der Waals surface area (Å²) in [6.07, 6.45) is -4.16. The molecule has 1 aromatic heterocycles. The van der Waals surface area contributed by atoms with E-state index in [-0.39, 0.29) is 28.0 Å². The first-order chi connectivity index (χ1) is 9.28. The number of pyridine rings is 1. The Morgan fingerprint density at radius 1 is 1.40 bits per heavy atom. The lowest BCUT2D eigenvalue weighted by Crippen LogP contribution is -2.20. The number of alkyl halides is 3. The molecule has 0 aromatic carbocycles. The zero-order valence-corrected chi connectivity index (χ0v) is 12.7. The molecule has 9 heteroatoms. The molecule has 112 valence electrons. The van der Waals surface area contributed by atoms with Crippen molar-refractivity contribution in [3.63, 3.8) is 0 Å². The molecule has 0 aliphatic rings. The minimum atomic E-state index is -4.90. The largest absolute Gasteiger partial charge is 0.573 e.